The number of anilines is 1. The zero-order valence-corrected chi connectivity index (χ0v) is 10.8. The Morgan fingerprint density at radius 1 is 1.50 bits per heavy atom. The van der Waals surface area contributed by atoms with Crippen LogP contribution in [-0.4, -0.2) is 23.9 Å². The van der Waals surface area contributed by atoms with Crippen molar-refractivity contribution in [2.75, 3.05) is 11.4 Å². The molecule has 1 saturated heterocycles. The molecule has 0 spiro atoms. The molecular weight excluding hydrogens is 220 g/mol. The lowest BCUT2D eigenvalue weighted by Gasteiger charge is -2.41. The smallest absolute Gasteiger partial charge is 0.186 e. The molecule has 3 unspecified atom stereocenters. The topological polar surface area (TPSA) is 33.2 Å². The molecule has 3 atom stereocenters. The minimum Gasteiger partial charge on any atom is -0.345 e. The van der Waals surface area contributed by atoms with Gasteiger partial charge in [0.25, 0.3) is 0 Å². The van der Waals surface area contributed by atoms with Crippen molar-refractivity contribution in [3.8, 4) is 0 Å². The average molecular weight is 238 g/mol. The maximum atomic E-state index is 10.7. The van der Waals surface area contributed by atoms with Gasteiger partial charge in [-0.05, 0) is 25.2 Å². The minimum atomic E-state index is 0.516. The molecule has 1 fully saturated rings. The molecule has 88 valence electrons. The number of nitrogens with zero attached hydrogens (tertiary/aromatic N) is 2. The van der Waals surface area contributed by atoms with E-state index in [9.17, 15) is 4.79 Å². The van der Waals surface area contributed by atoms with Crippen LogP contribution >= 0.6 is 11.3 Å². The molecule has 16 heavy (non-hydrogen) atoms. The lowest BCUT2D eigenvalue weighted by molar-refractivity contribution is 0.112. The number of thiazole rings is 1. The fraction of sp³-hybridized carbons (Fsp3) is 0.667. The van der Waals surface area contributed by atoms with Crippen molar-refractivity contribution in [3.05, 3.63) is 11.1 Å². The van der Waals surface area contributed by atoms with Crippen LogP contribution in [0.3, 0.4) is 0 Å². The van der Waals surface area contributed by atoms with Gasteiger partial charge in [0.1, 0.15) is 0 Å². The summed E-state index contributed by atoms with van der Waals surface area (Å²) in [5, 5.41) is 0.994. The first-order chi connectivity index (χ1) is 7.61. The van der Waals surface area contributed by atoms with Gasteiger partial charge in [-0.3, -0.25) is 4.79 Å². The van der Waals surface area contributed by atoms with Crippen molar-refractivity contribution in [2.45, 2.75) is 33.2 Å². The summed E-state index contributed by atoms with van der Waals surface area (Å²) in [6.07, 6.45) is 3.83. The number of carbonyl (C=O) groups excluding carboxylic acids is 1. The summed E-state index contributed by atoms with van der Waals surface area (Å²) in [7, 11) is 0. The highest BCUT2D eigenvalue weighted by atomic mass is 32.1. The largest absolute Gasteiger partial charge is 0.345 e. The standard InChI is InChI=1S/C12H18N2OS/c1-8-4-9(2)10(3)14(6-8)12-13-5-11(7-15)16-12/h5,7-10H,4,6H2,1-3H3. The minimum absolute atomic E-state index is 0.516. The average Bonchev–Trinajstić information content (AvgIpc) is 2.71. The van der Waals surface area contributed by atoms with Gasteiger partial charge in [-0.25, -0.2) is 4.98 Å². The van der Waals surface area contributed by atoms with Crippen LogP contribution in [0.15, 0.2) is 6.20 Å². The zero-order chi connectivity index (χ0) is 11.7. The Hall–Kier alpha value is -0.900. The van der Waals surface area contributed by atoms with Crippen molar-refractivity contribution in [1.82, 2.24) is 4.98 Å². The van der Waals surface area contributed by atoms with Crippen molar-refractivity contribution < 1.29 is 4.79 Å². The Morgan fingerprint density at radius 3 is 2.88 bits per heavy atom. The highest BCUT2D eigenvalue weighted by molar-refractivity contribution is 7.17. The van der Waals surface area contributed by atoms with Crippen LogP contribution in [0.2, 0.25) is 0 Å². The van der Waals surface area contributed by atoms with Crippen LogP contribution in [-0.2, 0) is 0 Å². The third-order valence-electron chi connectivity index (χ3n) is 3.47. The van der Waals surface area contributed by atoms with Gasteiger partial charge in [-0.2, -0.15) is 0 Å². The monoisotopic (exact) mass is 238 g/mol. The summed E-state index contributed by atoms with van der Waals surface area (Å²) in [5.74, 6) is 1.39. The first-order valence-corrected chi connectivity index (χ1v) is 6.61. The molecule has 0 bridgehead atoms. The van der Waals surface area contributed by atoms with E-state index < -0.39 is 0 Å². The van der Waals surface area contributed by atoms with Gasteiger partial charge in [0.15, 0.2) is 11.4 Å². The molecule has 2 heterocycles. The van der Waals surface area contributed by atoms with Crippen LogP contribution in [0.1, 0.15) is 36.9 Å². The van der Waals surface area contributed by atoms with Gasteiger partial charge in [0.2, 0.25) is 0 Å². The number of rotatable bonds is 2. The summed E-state index contributed by atoms with van der Waals surface area (Å²) >= 11 is 1.49. The Balaban J connectivity index is 2.21. The quantitative estimate of drug-likeness (QED) is 0.743. The molecule has 2 rings (SSSR count). The van der Waals surface area contributed by atoms with Gasteiger partial charge >= 0.3 is 0 Å². The van der Waals surface area contributed by atoms with Gasteiger partial charge in [-0.1, -0.05) is 25.2 Å². The van der Waals surface area contributed by atoms with Crippen molar-refractivity contribution in [2.24, 2.45) is 11.8 Å². The van der Waals surface area contributed by atoms with Crippen molar-refractivity contribution in [1.29, 1.82) is 0 Å². The summed E-state index contributed by atoms with van der Waals surface area (Å²) in [5.41, 5.74) is 0. The molecule has 0 amide bonds. The molecule has 1 aliphatic heterocycles. The van der Waals surface area contributed by atoms with Crippen molar-refractivity contribution in [3.63, 3.8) is 0 Å². The summed E-state index contributed by atoms with van der Waals surface area (Å²) in [6.45, 7) is 7.88. The number of carbonyl (C=O) groups is 1. The van der Waals surface area contributed by atoms with Crippen LogP contribution in [0.4, 0.5) is 5.13 Å². The van der Waals surface area contributed by atoms with E-state index in [1.54, 1.807) is 6.20 Å². The molecule has 1 aliphatic rings. The first-order valence-electron chi connectivity index (χ1n) is 5.79. The maximum Gasteiger partial charge on any atom is 0.186 e. The van der Waals surface area contributed by atoms with E-state index in [0.29, 0.717) is 22.8 Å². The molecule has 0 N–H and O–H groups in total. The lowest BCUT2D eigenvalue weighted by Crippen LogP contribution is -2.45. The van der Waals surface area contributed by atoms with Crippen LogP contribution in [0.5, 0.6) is 0 Å². The lowest BCUT2D eigenvalue weighted by atomic mass is 9.86. The van der Waals surface area contributed by atoms with E-state index in [1.807, 2.05) is 0 Å². The number of piperidine rings is 1. The molecule has 0 aliphatic carbocycles. The predicted molar refractivity (Wildman–Crippen MR) is 67.3 cm³/mol. The molecule has 1 aromatic rings. The number of aromatic nitrogens is 1. The Bertz CT molecular complexity index is 377. The fourth-order valence-electron chi connectivity index (χ4n) is 2.43. The maximum absolute atomic E-state index is 10.7. The van der Waals surface area contributed by atoms with Crippen molar-refractivity contribution >= 4 is 22.8 Å². The molecule has 4 heteroatoms. The second kappa shape index (κ2) is 4.53. The third-order valence-corrected chi connectivity index (χ3v) is 4.43. The van der Waals surface area contributed by atoms with Gasteiger partial charge in [0, 0.05) is 12.6 Å². The molecule has 0 radical (unpaired) electrons. The molecule has 3 nitrogen and oxygen atoms in total. The van der Waals surface area contributed by atoms with Gasteiger partial charge < -0.3 is 4.90 Å². The molecule has 0 saturated carbocycles. The van der Waals surface area contributed by atoms with Gasteiger partial charge in [-0.15, -0.1) is 0 Å². The first kappa shape index (κ1) is 11.6. The Kier molecular flexibility index (Phi) is 3.28. The number of hydrogen-bond donors (Lipinski definition) is 0. The van der Waals surface area contributed by atoms with Gasteiger partial charge in [0.05, 0.1) is 11.1 Å². The van der Waals surface area contributed by atoms with Crippen LogP contribution in [0, 0.1) is 11.8 Å². The highest BCUT2D eigenvalue weighted by Gasteiger charge is 2.30. The van der Waals surface area contributed by atoms with E-state index in [1.165, 1.54) is 17.8 Å². The number of aldehydes is 1. The Labute approximate surface area is 100 Å². The Morgan fingerprint density at radius 2 is 2.25 bits per heavy atom. The second-order valence-corrected chi connectivity index (χ2v) is 5.91. The molecule has 0 aromatic carbocycles. The van der Waals surface area contributed by atoms with E-state index >= 15 is 0 Å². The van der Waals surface area contributed by atoms with E-state index in [4.69, 9.17) is 0 Å². The second-order valence-electron chi connectivity index (χ2n) is 4.87. The summed E-state index contributed by atoms with van der Waals surface area (Å²) < 4.78 is 0. The van der Waals surface area contributed by atoms with E-state index in [-0.39, 0.29) is 0 Å². The predicted octanol–water partition coefficient (Wildman–Crippen LogP) is 2.83. The summed E-state index contributed by atoms with van der Waals surface area (Å²) in [6, 6.07) is 0.516. The van der Waals surface area contributed by atoms with E-state index in [2.05, 4.69) is 30.7 Å². The normalized spacial score (nSPS) is 30.4. The molecule has 1 aromatic heterocycles. The zero-order valence-electron chi connectivity index (χ0n) is 10.0. The third kappa shape index (κ3) is 2.12. The SMILES string of the molecule is CC1CC(C)C(C)N(c2ncc(C=O)s2)C1. The van der Waals surface area contributed by atoms with E-state index in [0.717, 1.165) is 18.0 Å². The van der Waals surface area contributed by atoms with Crippen LogP contribution < -0.4 is 4.90 Å². The van der Waals surface area contributed by atoms with Crippen LogP contribution in [0.25, 0.3) is 0 Å². The molecular formula is C12H18N2OS. The highest BCUT2D eigenvalue weighted by Crippen LogP contribution is 2.33. The number of hydrogen-bond acceptors (Lipinski definition) is 4. The fourth-order valence-corrected chi connectivity index (χ4v) is 3.26. The summed E-state index contributed by atoms with van der Waals surface area (Å²) in [4.78, 5) is 18.1.